The van der Waals surface area contributed by atoms with Gasteiger partial charge in [0.1, 0.15) is 5.82 Å². The van der Waals surface area contributed by atoms with Gasteiger partial charge in [0.25, 0.3) is 0 Å². The Morgan fingerprint density at radius 2 is 2.22 bits per heavy atom. The summed E-state index contributed by atoms with van der Waals surface area (Å²) in [6.45, 7) is 4.71. The molecule has 0 aromatic heterocycles. The highest BCUT2D eigenvalue weighted by atomic mass is 19.1. The second-order valence-corrected chi connectivity index (χ2v) is 5.58. The minimum atomic E-state index is -0.971. The van der Waals surface area contributed by atoms with Crippen LogP contribution in [0.1, 0.15) is 43.7 Å². The van der Waals surface area contributed by atoms with Crippen LogP contribution in [0.5, 0.6) is 0 Å². The first kappa shape index (κ1) is 13.5. The Balaban J connectivity index is 2.15. The summed E-state index contributed by atoms with van der Waals surface area (Å²) in [6, 6.07) is 4.95. The molecule has 2 atom stereocenters. The lowest BCUT2D eigenvalue weighted by Gasteiger charge is -2.32. The topological polar surface area (TPSA) is 32.3 Å². The Bertz CT molecular complexity index is 411. The fourth-order valence-corrected chi connectivity index (χ4v) is 2.86. The number of benzene rings is 1. The highest BCUT2D eigenvalue weighted by Crippen LogP contribution is 2.31. The van der Waals surface area contributed by atoms with E-state index in [0.29, 0.717) is 18.0 Å². The van der Waals surface area contributed by atoms with Crippen LogP contribution in [0.15, 0.2) is 18.2 Å². The Kier molecular flexibility index (Phi) is 4.03. The number of nitrogens with one attached hydrogen (secondary N) is 1. The van der Waals surface area contributed by atoms with Crippen LogP contribution in [0.2, 0.25) is 0 Å². The van der Waals surface area contributed by atoms with Gasteiger partial charge in [0.15, 0.2) is 0 Å². The fourth-order valence-electron chi connectivity index (χ4n) is 2.86. The molecule has 1 fully saturated rings. The largest absolute Gasteiger partial charge is 0.385 e. The van der Waals surface area contributed by atoms with E-state index in [1.807, 2.05) is 6.92 Å². The van der Waals surface area contributed by atoms with Crippen LogP contribution >= 0.6 is 0 Å². The normalized spacial score (nSPS) is 23.7. The van der Waals surface area contributed by atoms with E-state index in [1.54, 1.807) is 13.0 Å². The maximum Gasteiger partial charge on any atom is 0.123 e. The maximum absolute atomic E-state index is 13.3. The standard InChI is InChI=1S/C15H22FNO/c1-11-6-7-12(16)9-14(11)15(2,18)10-13-5-3-4-8-17-13/h6-7,9,13,17-18H,3-5,8,10H2,1-2H3. The second kappa shape index (κ2) is 5.37. The fraction of sp³-hybridized carbons (Fsp3) is 0.600. The van der Waals surface area contributed by atoms with Crippen molar-refractivity contribution in [1.82, 2.24) is 5.32 Å². The minimum absolute atomic E-state index is 0.285. The molecule has 0 spiro atoms. The zero-order valence-electron chi connectivity index (χ0n) is 11.2. The molecule has 0 amide bonds. The van der Waals surface area contributed by atoms with Crippen molar-refractivity contribution in [2.75, 3.05) is 6.54 Å². The van der Waals surface area contributed by atoms with Crippen LogP contribution < -0.4 is 5.32 Å². The van der Waals surface area contributed by atoms with E-state index in [1.165, 1.54) is 25.0 Å². The number of halogens is 1. The van der Waals surface area contributed by atoms with Crippen LogP contribution in [-0.4, -0.2) is 17.7 Å². The average molecular weight is 251 g/mol. The van der Waals surface area contributed by atoms with Crippen molar-refractivity contribution in [2.45, 2.75) is 51.2 Å². The molecule has 2 unspecified atom stereocenters. The van der Waals surface area contributed by atoms with E-state index in [4.69, 9.17) is 0 Å². The smallest absolute Gasteiger partial charge is 0.123 e. The van der Waals surface area contributed by atoms with Crippen molar-refractivity contribution in [3.8, 4) is 0 Å². The summed E-state index contributed by atoms with van der Waals surface area (Å²) in [5.41, 5.74) is 0.674. The van der Waals surface area contributed by atoms with Gasteiger partial charge in [0, 0.05) is 6.04 Å². The van der Waals surface area contributed by atoms with E-state index in [0.717, 1.165) is 18.5 Å². The number of hydrogen-bond acceptors (Lipinski definition) is 2. The van der Waals surface area contributed by atoms with Crippen molar-refractivity contribution >= 4 is 0 Å². The molecule has 0 radical (unpaired) electrons. The first-order chi connectivity index (χ1) is 8.49. The molecule has 1 aliphatic rings. The third-order valence-corrected chi connectivity index (χ3v) is 3.84. The molecule has 3 heteroatoms. The summed E-state index contributed by atoms with van der Waals surface area (Å²) in [5, 5.41) is 14.1. The SMILES string of the molecule is Cc1ccc(F)cc1C(C)(O)CC1CCCCN1. The molecule has 2 nitrogen and oxygen atoms in total. The van der Waals surface area contributed by atoms with E-state index < -0.39 is 5.60 Å². The van der Waals surface area contributed by atoms with Gasteiger partial charge in [-0.05, 0) is 62.9 Å². The Hall–Kier alpha value is -0.930. The summed E-state index contributed by atoms with van der Waals surface area (Å²) in [6.07, 6.45) is 4.13. The first-order valence-electron chi connectivity index (χ1n) is 6.71. The molecule has 0 saturated carbocycles. The number of aliphatic hydroxyl groups is 1. The van der Waals surface area contributed by atoms with Crippen LogP contribution in [0.25, 0.3) is 0 Å². The number of rotatable bonds is 3. The highest BCUT2D eigenvalue weighted by molar-refractivity contribution is 5.31. The zero-order valence-corrected chi connectivity index (χ0v) is 11.2. The Morgan fingerprint density at radius 3 is 2.89 bits per heavy atom. The lowest BCUT2D eigenvalue weighted by molar-refractivity contribution is 0.0323. The summed E-state index contributed by atoms with van der Waals surface area (Å²) in [4.78, 5) is 0. The molecule has 0 aliphatic carbocycles. The molecule has 1 aromatic carbocycles. The third kappa shape index (κ3) is 3.09. The van der Waals surface area contributed by atoms with Crippen LogP contribution in [0.4, 0.5) is 4.39 Å². The molecule has 1 aromatic rings. The van der Waals surface area contributed by atoms with Gasteiger partial charge < -0.3 is 10.4 Å². The van der Waals surface area contributed by atoms with E-state index in [-0.39, 0.29) is 5.82 Å². The van der Waals surface area contributed by atoms with Crippen molar-refractivity contribution in [3.63, 3.8) is 0 Å². The van der Waals surface area contributed by atoms with E-state index >= 15 is 0 Å². The lowest BCUT2D eigenvalue weighted by Crippen LogP contribution is -2.40. The zero-order chi connectivity index (χ0) is 13.2. The number of hydrogen-bond donors (Lipinski definition) is 2. The summed E-state index contributed by atoms with van der Waals surface area (Å²) < 4.78 is 13.3. The molecule has 18 heavy (non-hydrogen) atoms. The summed E-state index contributed by atoms with van der Waals surface area (Å²) >= 11 is 0. The van der Waals surface area contributed by atoms with E-state index in [2.05, 4.69) is 5.32 Å². The third-order valence-electron chi connectivity index (χ3n) is 3.84. The molecule has 1 heterocycles. The van der Waals surface area contributed by atoms with Crippen LogP contribution in [-0.2, 0) is 5.60 Å². The quantitative estimate of drug-likeness (QED) is 0.865. The monoisotopic (exact) mass is 251 g/mol. The Labute approximate surface area is 108 Å². The van der Waals surface area contributed by atoms with Crippen molar-refractivity contribution in [1.29, 1.82) is 0 Å². The predicted octanol–water partition coefficient (Wildman–Crippen LogP) is 2.87. The predicted molar refractivity (Wildman–Crippen MR) is 71.0 cm³/mol. The van der Waals surface area contributed by atoms with Crippen LogP contribution in [0, 0.1) is 12.7 Å². The number of aryl methyl sites for hydroxylation is 1. The number of piperidine rings is 1. The minimum Gasteiger partial charge on any atom is -0.385 e. The maximum atomic E-state index is 13.3. The van der Waals surface area contributed by atoms with Gasteiger partial charge in [0.05, 0.1) is 5.60 Å². The lowest BCUT2D eigenvalue weighted by atomic mass is 9.84. The highest BCUT2D eigenvalue weighted by Gasteiger charge is 2.29. The van der Waals surface area contributed by atoms with Crippen molar-refractivity contribution in [2.24, 2.45) is 0 Å². The van der Waals surface area contributed by atoms with Crippen LogP contribution in [0.3, 0.4) is 0 Å². The van der Waals surface area contributed by atoms with Gasteiger partial charge in [0.2, 0.25) is 0 Å². The van der Waals surface area contributed by atoms with Crippen molar-refractivity contribution < 1.29 is 9.50 Å². The Morgan fingerprint density at radius 1 is 1.44 bits per heavy atom. The molecule has 1 saturated heterocycles. The van der Waals surface area contributed by atoms with Gasteiger partial charge >= 0.3 is 0 Å². The van der Waals surface area contributed by atoms with Gasteiger partial charge in [-0.25, -0.2) is 4.39 Å². The molecule has 1 aliphatic heterocycles. The second-order valence-electron chi connectivity index (χ2n) is 5.58. The van der Waals surface area contributed by atoms with E-state index in [9.17, 15) is 9.50 Å². The average Bonchev–Trinajstić information content (AvgIpc) is 2.33. The van der Waals surface area contributed by atoms with Crippen molar-refractivity contribution in [3.05, 3.63) is 35.1 Å². The van der Waals surface area contributed by atoms with Gasteiger partial charge in [-0.1, -0.05) is 12.5 Å². The molecule has 100 valence electrons. The van der Waals surface area contributed by atoms with Gasteiger partial charge in [-0.2, -0.15) is 0 Å². The summed E-state index contributed by atoms with van der Waals surface area (Å²) in [5.74, 6) is -0.285. The first-order valence-corrected chi connectivity index (χ1v) is 6.71. The van der Waals surface area contributed by atoms with Gasteiger partial charge in [-0.3, -0.25) is 0 Å². The molecular formula is C15H22FNO. The van der Waals surface area contributed by atoms with Gasteiger partial charge in [-0.15, -0.1) is 0 Å². The molecule has 0 bridgehead atoms. The molecule has 2 rings (SSSR count). The summed E-state index contributed by atoms with van der Waals surface area (Å²) in [7, 11) is 0. The molecule has 2 N–H and O–H groups in total. The molecular weight excluding hydrogens is 229 g/mol.